The van der Waals surface area contributed by atoms with Crippen molar-refractivity contribution in [2.45, 2.75) is 38.2 Å². The molecule has 4 heterocycles. The first-order chi connectivity index (χ1) is 16.5. The van der Waals surface area contributed by atoms with Crippen molar-refractivity contribution in [3.05, 3.63) is 41.7 Å². The van der Waals surface area contributed by atoms with Crippen molar-refractivity contribution >= 4 is 17.3 Å². The highest BCUT2D eigenvalue weighted by Crippen LogP contribution is 2.41. The zero-order valence-electron chi connectivity index (χ0n) is 18.6. The third kappa shape index (κ3) is 4.80. The average Bonchev–Trinajstić information content (AvgIpc) is 3.30. The molecule has 3 atom stereocenters. The first-order valence-electron chi connectivity index (χ1n) is 11.1. The van der Waals surface area contributed by atoms with Crippen LogP contribution in [-0.2, 0) is 6.18 Å². The van der Waals surface area contributed by atoms with Gasteiger partial charge < -0.3 is 15.0 Å². The van der Waals surface area contributed by atoms with Crippen LogP contribution in [0.1, 0.15) is 24.1 Å². The molecular weight excluding hydrogens is 478 g/mol. The van der Waals surface area contributed by atoms with Crippen molar-refractivity contribution in [2.24, 2.45) is 11.8 Å². The zero-order valence-corrected chi connectivity index (χ0v) is 18.6. The van der Waals surface area contributed by atoms with Crippen molar-refractivity contribution in [3.8, 4) is 5.88 Å². The molecule has 5 rings (SSSR count). The first-order valence-corrected chi connectivity index (χ1v) is 11.1. The Bertz CT molecular complexity index is 1210. The Morgan fingerprint density at radius 2 is 1.77 bits per heavy atom. The number of aromatic nitrogens is 4. The number of aryl methyl sites for hydroxylation is 1. The molecule has 1 N–H and O–H groups in total. The number of anilines is 2. The van der Waals surface area contributed by atoms with Crippen LogP contribution in [0.5, 0.6) is 5.88 Å². The Hall–Kier alpha value is -3.25. The molecule has 1 aliphatic heterocycles. The van der Waals surface area contributed by atoms with Crippen molar-refractivity contribution < 1.29 is 31.1 Å². The number of nitrogens with one attached hydrogen (secondary N) is 1. The normalized spacial score (nSPS) is 22.6. The van der Waals surface area contributed by atoms with E-state index in [0.29, 0.717) is 24.4 Å². The van der Waals surface area contributed by atoms with Gasteiger partial charge in [-0.25, -0.2) is 0 Å². The lowest BCUT2D eigenvalue weighted by molar-refractivity contribution is -0.154. The number of hydrogen-bond donors (Lipinski definition) is 1. The van der Waals surface area contributed by atoms with Gasteiger partial charge in [0.05, 0.1) is 0 Å². The fourth-order valence-electron chi connectivity index (χ4n) is 4.98. The molecule has 1 saturated carbocycles. The molecule has 13 heteroatoms. The highest BCUT2D eigenvalue weighted by atomic mass is 19.4. The Morgan fingerprint density at radius 3 is 2.43 bits per heavy atom. The largest absolute Gasteiger partial charge is 0.468 e. The maximum atomic E-state index is 13.1. The number of halogens is 6. The molecule has 7 nitrogen and oxygen atoms in total. The lowest BCUT2D eigenvalue weighted by atomic mass is 9.92. The van der Waals surface area contributed by atoms with Gasteiger partial charge in [0.25, 0.3) is 0 Å². The van der Waals surface area contributed by atoms with Gasteiger partial charge in [-0.2, -0.15) is 35.8 Å². The van der Waals surface area contributed by atoms with Crippen molar-refractivity contribution in [2.75, 3.05) is 29.9 Å². The number of alkyl halides is 6. The topological polar surface area (TPSA) is 67.6 Å². The molecule has 2 aliphatic rings. The molecule has 0 spiro atoms. The number of rotatable bonds is 5. The number of piperidine rings is 1. The van der Waals surface area contributed by atoms with Gasteiger partial charge in [-0.05, 0) is 49.3 Å². The van der Waals surface area contributed by atoms with Gasteiger partial charge in [-0.3, -0.25) is 4.98 Å². The summed E-state index contributed by atoms with van der Waals surface area (Å²) in [6.07, 6.45) is -6.04. The third-order valence-electron chi connectivity index (χ3n) is 6.56. The van der Waals surface area contributed by atoms with Crippen LogP contribution in [0.25, 0.3) is 5.65 Å². The van der Waals surface area contributed by atoms with Gasteiger partial charge in [0.1, 0.15) is 5.69 Å². The smallest absolute Gasteiger partial charge is 0.433 e. The van der Waals surface area contributed by atoms with Crippen LogP contribution >= 0.6 is 0 Å². The second kappa shape index (κ2) is 8.45. The molecule has 1 unspecified atom stereocenters. The first kappa shape index (κ1) is 23.5. The molecule has 0 radical (unpaired) electrons. The summed E-state index contributed by atoms with van der Waals surface area (Å²) < 4.78 is 83.3. The minimum atomic E-state index is -4.51. The summed E-state index contributed by atoms with van der Waals surface area (Å²) in [5.74, 6) is 0.490. The number of fused-ring (bicyclic) bond motifs is 3. The van der Waals surface area contributed by atoms with E-state index in [4.69, 9.17) is 4.74 Å². The monoisotopic (exact) mass is 500 g/mol. The number of nitrogens with zero attached hydrogens (tertiary/aromatic N) is 5. The van der Waals surface area contributed by atoms with Crippen LogP contribution in [-0.4, -0.2) is 51.5 Å². The summed E-state index contributed by atoms with van der Waals surface area (Å²) in [5.41, 5.74) is 0.667. The van der Waals surface area contributed by atoms with E-state index in [-0.39, 0.29) is 29.7 Å². The second-order valence-electron chi connectivity index (χ2n) is 9.00. The highest BCUT2D eigenvalue weighted by Gasteiger charge is 2.43. The van der Waals surface area contributed by atoms with E-state index in [1.807, 2.05) is 4.90 Å². The molecule has 3 aromatic heterocycles. The molecule has 35 heavy (non-hydrogen) atoms. The molecule has 2 bridgehead atoms. The zero-order chi connectivity index (χ0) is 25.0. The Morgan fingerprint density at radius 1 is 1.06 bits per heavy atom. The molecule has 188 valence electrons. The minimum absolute atomic E-state index is 0.00700. The highest BCUT2D eigenvalue weighted by molar-refractivity contribution is 5.53. The fraction of sp³-hybridized carbons (Fsp3) is 0.500. The molecule has 2 fully saturated rings. The Labute approximate surface area is 196 Å². The SMILES string of the molecule is Cc1ccc(OCC(F)(F)F)n2nc(N[C@@H]3C4CC[C@H]3CN(c3ccnc(C(F)(F)F)c3)C4)nc12. The van der Waals surface area contributed by atoms with Crippen molar-refractivity contribution in [3.63, 3.8) is 0 Å². The summed E-state index contributed by atoms with van der Waals surface area (Å²) in [4.78, 5) is 9.84. The Balaban J connectivity index is 1.33. The molecule has 0 amide bonds. The quantitative estimate of drug-likeness (QED) is 0.512. The van der Waals surface area contributed by atoms with E-state index in [1.54, 1.807) is 19.1 Å². The summed E-state index contributed by atoms with van der Waals surface area (Å²) in [7, 11) is 0. The van der Waals surface area contributed by atoms with Crippen molar-refractivity contribution in [1.29, 1.82) is 0 Å². The summed E-state index contributed by atoms with van der Waals surface area (Å²) >= 11 is 0. The van der Waals surface area contributed by atoms with Gasteiger partial charge in [0.15, 0.2) is 12.3 Å². The predicted molar refractivity (Wildman–Crippen MR) is 114 cm³/mol. The van der Waals surface area contributed by atoms with E-state index in [1.165, 1.54) is 16.8 Å². The summed E-state index contributed by atoms with van der Waals surface area (Å²) in [6, 6.07) is 5.68. The van der Waals surface area contributed by atoms with Gasteiger partial charge in [0, 0.05) is 37.1 Å². The molecule has 1 saturated heterocycles. The van der Waals surface area contributed by atoms with Crippen LogP contribution in [0.3, 0.4) is 0 Å². The van der Waals surface area contributed by atoms with Crippen LogP contribution in [0.4, 0.5) is 38.0 Å². The van der Waals surface area contributed by atoms with Crippen LogP contribution in [0.15, 0.2) is 30.5 Å². The second-order valence-corrected chi connectivity index (χ2v) is 9.00. The summed E-state index contributed by atoms with van der Waals surface area (Å²) in [5, 5.41) is 7.66. The van der Waals surface area contributed by atoms with E-state index < -0.39 is 24.7 Å². The van der Waals surface area contributed by atoms with Crippen molar-refractivity contribution in [1.82, 2.24) is 19.6 Å². The molecule has 3 aromatic rings. The lowest BCUT2D eigenvalue weighted by Crippen LogP contribution is -2.48. The third-order valence-corrected chi connectivity index (χ3v) is 6.56. The maximum Gasteiger partial charge on any atom is 0.433 e. The average molecular weight is 500 g/mol. The summed E-state index contributed by atoms with van der Waals surface area (Å²) in [6.45, 7) is 1.44. The van der Waals surface area contributed by atoms with Gasteiger partial charge in [-0.1, -0.05) is 6.07 Å². The Kier molecular flexibility index (Phi) is 5.67. The van der Waals surface area contributed by atoms with Crippen LogP contribution in [0, 0.1) is 18.8 Å². The van der Waals surface area contributed by atoms with Crippen LogP contribution in [0.2, 0.25) is 0 Å². The predicted octanol–water partition coefficient (Wildman–Crippen LogP) is 4.72. The molecular formula is C22H22F6N6O. The van der Waals surface area contributed by atoms with E-state index in [2.05, 4.69) is 20.4 Å². The number of ether oxygens (including phenoxy) is 1. The van der Waals surface area contributed by atoms with Crippen LogP contribution < -0.4 is 15.0 Å². The van der Waals surface area contributed by atoms with Gasteiger partial charge >= 0.3 is 12.4 Å². The fourth-order valence-corrected chi connectivity index (χ4v) is 4.98. The van der Waals surface area contributed by atoms with Gasteiger partial charge in [0.2, 0.25) is 11.8 Å². The minimum Gasteiger partial charge on any atom is -0.468 e. The van der Waals surface area contributed by atoms with E-state index in [9.17, 15) is 26.3 Å². The molecule has 0 aromatic carbocycles. The molecule has 1 aliphatic carbocycles. The number of hydrogen-bond acceptors (Lipinski definition) is 6. The van der Waals surface area contributed by atoms with E-state index in [0.717, 1.165) is 24.5 Å². The standard InChI is InChI=1S/C22H22F6N6O/c1-12-2-5-17(35-11-21(23,24)25)34-19(12)31-20(32-34)30-18-13-3-4-14(18)10-33(9-13)15-6-7-29-16(8-15)22(26,27)28/h2,5-8,13-14,18H,3-4,9-11H2,1H3,(H,30,32)/t13-,14?,18-/m0/s1. The lowest BCUT2D eigenvalue weighted by Gasteiger charge is -2.39. The number of pyridine rings is 2. The van der Waals surface area contributed by atoms with Gasteiger partial charge in [-0.15, -0.1) is 5.10 Å². The maximum absolute atomic E-state index is 13.1. The van der Waals surface area contributed by atoms with E-state index >= 15 is 0 Å².